The van der Waals surface area contributed by atoms with Crippen LogP contribution in [0.3, 0.4) is 0 Å². The van der Waals surface area contributed by atoms with Gasteiger partial charge >= 0.3 is 11.7 Å². The first-order chi connectivity index (χ1) is 13.4. The lowest BCUT2D eigenvalue weighted by atomic mass is 10.1. The van der Waals surface area contributed by atoms with Crippen LogP contribution >= 0.6 is 0 Å². The Kier molecular flexibility index (Phi) is 4.11. The van der Waals surface area contributed by atoms with Crippen LogP contribution in [0.4, 0.5) is 9.18 Å². The highest BCUT2D eigenvalue weighted by Crippen LogP contribution is 2.20. The third-order valence-electron chi connectivity index (χ3n) is 4.86. The summed E-state index contributed by atoms with van der Waals surface area (Å²) in [5, 5.41) is 2.52. The van der Waals surface area contributed by atoms with Crippen LogP contribution in [0.1, 0.15) is 11.1 Å². The van der Waals surface area contributed by atoms with E-state index < -0.39 is 17.8 Å². The molecule has 1 aliphatic heterocycles. The van der Waals surface area contributed by atoms with Crippen molar-refractivity contribution in [2.75, 3.05) is 0 Å². The first-order valence-electron chi connectivity index (χ1n) is 8.60. The third kappa shape index (κ3) is 2.79. The highest BCUT2D eigenvalue weighted by atomic mass is 19.1. The molecule has 142 valence electrons. The fraction of sp³-hybridized carbons (Fsp3) is 0.150. The second-order valence-electron chi connectivity index (χ2n) is 6.62. The molecule has 0 bridgehead atoms. The zero-order valence-corrected chi connectivity index (χ0v) is 15.3. The van der Waals surface area contributed by atoms with E-state index in [0.29, 0.717) is 11.1 Å². The maximum absolute atomic E-state index is 13.8. The number of urea groups is 1. The Morgan fingerprint density at radius 1 is 1.00 bits per heavy atom. The van der Waals surface area contributed by atoms with E-state index in [0.717, 1.165) is 10.4 Å². The lowest BCUT2D eigenvalue weighted by molar-refractivity contribution is -0.123. The molecule has 1 aliphatic rings. The Morgan fingerprint density at radius 3 is 2.46 bits per heavy atom. The van der Waals surface area contributed by atoms with Gasteiger partial charge in [-0.3, -0.25) is 18.8 Å². The average Bonchev–Trinajstić information content (AvgIpc) is 3.06. The van der Waals surface area contributed by atoms with E-state index in [4.69, 9.17) is 0 Å². The molecule has 3 amide bonds. The summed E-state index contributed by atoms with van der Waals surface area (Å²) in [7, 11) is 3.35. The van der Waals surface area contributed by atoms with E-state index in [1.807, 2.05) is 0 Å². The zero-order chi connectivity index (χ0) is 20.0. The maximum Gasteiger partial charge on any atom is 0.329 e. The summed E-state index contributed by atoms with van der Waals surface area (Å²) in [6.45, 7) is -0.152. The molecule has 0 saturated carbocycles. The van der Waals surface area contributed by atoms with Crippen LogP contribution in [-0.2, 0) is 25.4 Å². The van der Waals surface area contributed by atoms with E-state index in [1.165, 1.54) is 21.3 Å². The second-order valence-corrected chi connectivity index (χ2v) is 6.62. The molecule has 1 saturated heterocycles. The number of carbonyl (C=O) groups excluding carboxylic acids is 2. The van der Waals surface area contributed by atoms with Crippen molar-refractivity contribution in [2.45, 2.75) is 6.54 Å². The minimum absolute atomic E-state index is 0.0987. The Bertz CT molecular complexity index is 1220. The van der Waals surface area contributed by atoms with E-state index in [-0.39, 0.29) is 23.5 Å². The molecule has 7 nitrogen and oxygen atoms in total. The van der Waals surface area contributed by atoms with Gasteiger partial charge in [-0.2, -0.15) is 0 Å². The van der Waals surface area contributed by atoms with Crippen molar-refractivity contribution in [1.29, 1.82) is 0 Å². The summed E-state index contributed by atoms with van der Waals surface area (Å²) in [5.74, 6) is -1.01. The van der Waals surface area contributed by atoms with Crippen LogP contribution < -0.4 is 11.0 Å². The van der Waals surface area contributed by atoms with Crippen molar-refractivity contribution in [3.05, 3.63) is 75.6 Å². The average molecular weight is 380 g/mol. The van der Waals surface area contributed by atoms with E-state index in [1.54, 1.807) is 50.5 Å². The van der Waals surface area contributed by atoms with Crippen molar-refractivity contribution in [3.8, 4) is 0 Å². The predicted molar refractivity (Wildman–Crippen MR) is 102 cm³/mol. The van der Waals surface area contributed by atoms with Crippen LogP contribution in [0.25, 0.3) is 17.1 Å². The fourth-order valence-electron chi connectivity index (χ4n) is 3.29. The van der Waals surface area contributed by atoms with Crippen molar-refractivity contribution in [1.82, 2.24) is 19.4 Å². The molecule has 0 radical (unpaired) electrons. The van der Waals surface area contributed by atoms with Gasteiger partial charge in [0.05, 0.1) is 17.6 Å². The van der Waals surface area contributed by atoms with E-state index >= 15 is 0 Å². The molecule has 0 spiro atoms. The molecule has 0 atom stereocenters. The first-order valence-corrected chi connectivity index (χ1v) is 8.60. The Morgan fingerprint density at radius 2 is 1.71 bits per heavy atom. The highest BCUT2D eigenvalue weighted by molar-refractivity contribution is 6.14. The summed E-state index contributed by atoms with van der Waals surface area (Å²) in [4.78, 5) is 37.8. The number of rotatable bonds is 3. The van der Waals surface area contributed by atoms with Gasteiger partial charge in [0.25, 0.3) is 5.91 Å². The molecular formula is C20H17FN4O3. The van der Waals surface area contributed by atoms with Crippen molar-refractivity contribution in [2.24, 2.45) is 14.1 Å². The Balaban J connectivity index is 1.66. The number of halogens is 1. The van der Waals surface area contributed by atoms with Crippen molar-refractivity contribution < 1.29 is 14.0 Å². The lowest BCUT2D eigenvalue weighted by Gasteiger charge is -2.12. The van der Waals surface area contributed by atoms with Crippen molar-refractivity contribution in [3.63, 3.8) is 0 Å². The van der Waals surface area contributed by atoms with Crippen LogP contribution in [-0.4, -0.2) is 26.0 Å². The molecule has 1 fully saturated rings. The predicted octanol–water partition coefficient (Wildman–Crippen LogP) is 2.11. The number of carbonyl (C=O) groups is 2. The summed E-state index contributed by atoms with van der Waals surface area (Å²) >= 11 is 0. The summed E-state index contributed by atoms with van der Waals surface area (Å²) < 4.78 is 16.9. The van der Waals surface area contributed by atoms with Gasteiger partial charge in [0.2, 0.25) is 0 Å². The van der Waals surface area contributed by atoms with Crippen molar-refractivity contribution >= 4 is 29.0 Å². The van der Waals surface area contributed by atoms with Gasteiger partial charge in [-0.05, 0) is 29.8 Å². The summed E-state index contributed by atoms with van der Waals surface area (Å²) in [6.07, 6.45) is 1.54. The minimum Gasteiger partial charge on any atom is -0.303 e. The van der Waals surface area contributed by atoms with Crippen LogP contribution in [0, 0.1) is 5.82 Å². The van der Waals surface area contributed by atoms with Crippen LogP contribution in [0.15, 0.2) is 53.0 Å². The number of benzene rings is 2. The number of amides is 3. The number of aromatic nitrogens is 2. The standard InChI is InChI=1S/C20H17FN4O3/c1-23-16-8-7-12(10-17(16)24(2)20(23)28)9-15-18(26)25(19(27)22-15)11-13-5-3-4-6-14(13)21/h3-10H,11H2,1-2H3,(H,22,27). The minimum atomic E-state index is -0.604. The van der Waals surface area contributed by atoms with Gasteiger partial charge in [-0.25, -0.2) is 14.0 Å². The highest BCUT2D eigenvalue weighted by Gasteiger charge is 2.34. The van der Waals surface area contributed by atoms with Gasteiger partial charge in [-0.15, -0.1) is 0 Å². The SMILES string of the molecule is Cn1c(=O)n(C)c2cc(C=C3NC(=O)N(Cc4ccccc4F)C3=O)ccc21. The van der Waals surface area contributed by atoms with E-state index in [9.17, 15) is 18.8 Å². The lowest BCUT2D eigenvalue weighted by Crippen LogP contribution is -2.30. The Labute approximate surface area is 159 Å². The summed E-state index contributed by atoms with van der Waals surface area (Å²) in [6, 6.07) is 10.7. The topological polar surface area (TPSA) is 76.3 Å². The molecule has 1 aromatic heterocycles. The molecule has 28 heavy (non-hydrogen) atoms. The fourth-order valence-corrected chi connectivity index (χ4v) is 3.29. The van der Waals surface area contributed by atoms with Gasteiger partial charge < -0.3 is 5.32 Å². The molecule has 0 aliphatic carbocycles. The smallest absolute Gasteiger partial charge is 0.303 e. The molecular weight excluding hydrogens is 363 g/mol. The molecule has 1 N–H and O–H groups in total. The molecule has 4 rings (SSSR count). The number of hydrogen-bond donors (Lipinski definition) is 1. The molecule has 0 unspecified atom stereocenters. The normalized spacial score (nSPS) is 15.7. The number of nitrogens with zero attached hydrogens (tertiary/aromatic N) is 3. The first kappa shape index (κ1) is 17.7. The number of hydrogen-bond acceptors (Lipinski definition) is 3. The number of aryl methyl sites for hydroxylation is 2. The maximum atomic E-state index is 13.8. The molecule has 2 heterocycles. The van der Waals surface area contributed by atoms with Crippen LogP contribution in [0.2, 0.25) is 0 Å². The number of fused-ring (bicyclic) bond motifs is 1. The largest absolute Gasteiger partial charge is 0.329 e. The van der Waals surface area contributed by atoms with Gasteiger partial charge in [0.15, 0.2) is 0 Å². The molecule has 2 aromatic carbocycles. The zero-order valence-electron chi connectivity index (χ0n) is 15.3. The van der Waals surface area contributed by atoms with E-state index in [2.05, 4.69) is 5.32 Å². The number of imidazole rings is 1. The third-order valence-corrected chi connectivity index (χ3v) is 4.86. The van der Waals surface area contributed by atoms with Crippen LogP contribution in [0.5, 0.6) is 0 Å². The number of imide groups is 1. The van der Waals surface area contributed by atoms with Gasteiger partial charge in [-0.1, -0.05) is 24.3 Å². The second kappa shape index (κ2) is 6.49. The summed E-state index contributed by atoms with van der Waals surface area (Å²) in [5.41, 5.74) is 2.33. The molecule has 8 heteroatoms. The van der Waals surface area contributed by atoms with Gasteiger partial charge in [0.1, 0.15) is 11.5 Å². The number of nitrogens with one attached hydrogen (secondary N) is 1. The quantitative estimate of drug-likeness (QED) is 0.559. The Hall–Kier alpha value is -3.68. The van der Waals surface area contributed by atoms with Gasteiger partial charge in [0, 0.05) is 19.7 Å². The molecule has 3 aromatic rings. The monoisotopic (exact) mass is 380 g/mol.